The molecule has 144 valence electrons. The fraction of sp³-hybridized carbons (Fsp3) is 0.364. The topological polar surface area (TPSA) is 63.6 Å². The third kappa shape index (κ3) is 3.94. The number of benzene rings is 1. The van der Waals surface area contributed by atoms with Gasteiger partial charge in [-0.25, -0.2) is 4.79 Å². The van der Waals surface area contributed by atoms with Crippen molar-refractivity contribution in [1.29, 1.82) is 0 Å². The van der Waals surface area contributed by atoms with E-state index in [1.165, 1.54) is 0 Å². The van der Waals surface area contributed by atoms with E-state index in [0.29, 0.717) is 16.7 Å². The molecule has 0 saturated heterocycles. The molecule has 0 amide bonds. The first kappa shape index (κ1) is 21.2. The van der Waals surface area contributed by atoms with Crippen molar-refractivity contribution >= 4 is 23.5 Å². The zero-order valence-electron chi connectivity index (χ0n) is 16.6. The number of carboxylic acid groups (broad SMARTS) is 1. The van der Waals surface area contributed by atoms with Crippen molar-refractivity contribution in [2.45, 2.75) is 38.7 Å². The Hall–Kier alpha value is -2.11. The Balaban J connectivity index is 2.41. The number of carbonyl (C=O) groups excluding carboxylic acids is 1. The van der Waals surface area contributed by atoms with Crippen molar-refractivity contribution in [3.63, 3.8) is 0 Å². The Labute approximate surface area is 165 Å². The normalized spacial score (nSPS) is 23.3. The summed E-state index contributed by atoms with van der Waals surface area (Å²) in [7, 11) is 1.57. The number of ether oxygens (including phenoxy) is 1. The highest BCUT2D eigenvalue weighted by molar-refractivity contribution is 7.98. The van der Waals surface area contributed by atoms with Gasteiger partial charge in [-0.3, -0.25) is 4.79 Å². The fourth-order valence-corrected chi connectivity index (χ4v) is 4.14. The summed E-state index contributed by atoms with van der Waals surface area (Å²) in [5.41, 5.74) is 2.59. The maximum atomic E-state index is 12.6. The van der Waals surface area contributed by atoms with E-state index in [2.05, 4.69) is 0 Å². The van der Waals surface area contributed by atoms with E-state index in [4.69, 9.17) is 4.74 Å². The Bertz CT molecular complexity index is 846. The summed E-state index contributed by atoms with van der Waals surface area (Å²) < 4.78 is 5.67. The Morgan fingerprint density at radius 3 is 2.26 bits per heavy atom. The number of thioether (sulfide) groups is 1. The van der Waals surface area contributed by atoms with Crippen LogP contribution in [0.2, 0.25) is 0 Å². The lowest BCUT2D eigenvalue weighted by molar-refractivity contribution is -0.132. The molecule has 4 nitrogen and oxygen atoms in total. The lowest BCUT2D eigenvalue weighted by atomic mass is 9.67. The molecule has 0 aromatic heterocycles. The number of rotatable bonds is 6. The van der Waals surface area contributed by atoms with Gasteiger partial charge in [-0.15, -0.1) is 11.8 Å². The summed E-state index contributed by atoms with van der Waals surface area (Å²) in [6, 6.07) is 7.48. The van der Waals surface area contributed by atoms with Crippen LogP contribution in [0.3, 0.4) is 0 Å². The van der Waals surface area contributed by atoms with Crippen LogP contribution in [-0.4, -0.2) is 36.3 Å². The van der Waals surface area contributed by atoms with Crippen LogP contribution in [-0.2, 0) is 9.53 Å². The molecule has 2 rings (SSSR count). The van der Waals surface area contributed by atoms with E-state index in [-0.39, 0.29) is 5.78 Å². The van der Waals surface area contributed by atoms with Gasteiger partial charge < -0.3 is 9.84 Å². The average molecular weight is 387 g/mol. The summed E-state index contributed by atoms with van der Waals surface area (Å²) in [6.45, 7) is 7.47. The van der Waals surface area contributed by atoms with Gasteiger partial charge >= 0.3 is 5.97 Å². The summed E-state index contributed by atoms with van der Waals surface area (Å²) in [4.78, 5) is 25.4. The molecular formula is C22H26O4S. The van der Waals surface area contributed by atoms with Crippen LogP contribution in [0.1, 0.15) is 38.1 Å². The van der Waals surface area contributed by atoms with Crippen LogP contribution in [0.4, 0.5) is 0 Å². The molecule has 0 saturated carbocycles. The summed E-state index contributed by atoms with van der Waals surface area (Å²) in [6.07, 6.45) is 4.95. The molecule has 0 spiro atoms. The third-order valence-corrected chi connectivity index (χ3v) is 6.23. The fourth-order valence-electron chi connectivity index (χ4n) is 3.73. The van der Waals surface area contributed by atoms with Crippen LogP contribution in [0.25, 0.3) is 0 Å². The van der Waals surface area contributed by atoms with Crippen LogP contribution in [0, 0.1) is 5.41 Å². The van der Waals surface area contributed by atoms with Gasteiger partial charge in [-0.05, 0) is 75.4 Å². The molecule has 0 fully saturated rings. The first-order valence-corrected chi connectivity index (χ1v) is 9.92. The van der Waals surface area contributed by atoms with Crippen molar-refractivity contribution in [1.82, 2.24) is 0 Å². The molecule has 27 heavy (non-hydrogen) atoms. The Kier molecular flexibility index (Phi) is 6.50. The monoisotopic (exact) mass is 386 g/mol. The van der Waals surface area contributed by atoms with E-state index >= 15 is 0 Å². The van der Waals surface area contributed by atoms with Crippen LogP contribution in [0.15, 0.2) is 63.6 Å². The molecule has 1 aromatic rings. The van der Waals surface area contributed by atoms with Crippen molar-refractivity contribution in [3.8, 4) is 0 Å². The Morgan fingerprint density at radius 1 is 1.19 bits per heavy atom. The zero-order valence-corrected chi connectivity index (χ0v) is 17.4. The molecule has 2 atom stereocenters. The molecule has 1 N–H and O–H groups in total. The number of hydrogen-bond donors (Lipinski definition) is 1. The molecule has 1 aliphatic rings. The number of carboxylic acids is 1. The van der Waals surface area contributed by atoms with Gasteiger partial charge in [-0.1, -0.05) is 11.6 Å². The highest BCUT2D eigenvalue weighted by Crippen LogP contribution is 2.45. The van der Waals surface area contributed by atoms with Crippen LogP contribution >= 0.6 is 11.8 Å². The van der Waals surface area contributed by atoms with E-state index in [0.717, 1.165) is 16.0 Å². The summed E-state index contributed by atoms with van der Waals surface area (Å²) in [5.74, 6) is -1.04. The maximum absolute atomic E-state index is 12.6. The first-order valence-electron chi connectivity index (χ1n) is 8.70. The van der Waals surface area contributed by atoms with Gasteiger partial charge in [0, 0.05) is 23.0 Å². The smallest absolute Gasteiger partial charge is 0.335 e. The lowest BCUT2D eigenvalue weighted by Gasteiger charge is -2.41. The average Bonchev–Trinajstić information content (AvgIpc) is 2.64. The number of carbonyl (C=O) groups is 2. The van der Waals surface area contributed by atoms with E-state index in [1.54, 1.807) is 31.9 Å². The van der Waals surface area contributed by atoms with Crippen molar-refractivity contribution < 1.29 is 19.4 Å². The molecule has 1 aromatic carbocycles. The minimum Gasteiger partial charge on any atom is -0.478 e. The largest absolute Gasteiger partial charge is 0.478 e. The van der Waals surface area contributed by atoms with E-state index < -0.39 is 17.5 Å². The minimum absolute atomic E-state index is 0.0881. The third-order valence-electron chi connectivity index (χ3n) is 5.48. The second-order valence-electron chi connectivity index (χ2n) is 6.94. The highest BCUT2D eigenvalue weighted by atomic mass is 32.2. The molecular weight excluding hydrogens is 360 g/mol. The molecule has 5 heteroatoms. The number of hydrogen-bond acceptors (Lipinski definition) is 4. The molecule has 0 heterocycles. The predicted molar refractivity (Wildman–Crippen MR) is 109 cm³/mol. The van der Waals surface area contributed by atoms with Gasteiger partial charge in [0.05, 0.1) is 11.7 Å². The Morgan fingerprint density at radius 2 is 1.78 bits per heavy atom. The number of methoxy groups -OCH3 is 1. The first-order chi connectivity index (χ1) is 12.7. The number of ketones is 1. The van der Waals surface area contributed by atoms with Gasteiger partial charge in [-0.2, -0.15) is 0 Å². The second-order valence-corrected chi connectivity index (χ2v) is 7.82. The quantitative estimate of drug-likeness (QED) is 0.427. The number of allylic oxidation sites excluding steroid dienone is 1. The maximum Gasteiger partial charge on any atom is 0.335 e. The zero-order chi connectivity index (χ0) is 20.4. The predicted octanol–water partition coefficient (Wildman–Crippen LogP) is 4.92. The van der Waals surface area contributed by atoms with Gasteiger partial charge in [0.1, 0.15) is 0 Å². The molecule has 0 bridgehead atoms. The second kappa shape index (κ2) is 8.28. The van der Waals surface area contributed by atoms with Gasteiger partial charge in [0.25, 0.3) is 0 Å². The summed E-state index contributed by atoms with van der Waals surface area (Å²) in [5, 5.41) is 9.57. The summed E-state index contributed by atoms with van der Waals surface area (Å²) >= 11 is 1.63. The molecule has 1 aliphatic carbocycles. The standard InChI is InChI=1S/C22H26O4S/c1-13-15(3)22(4,20(26-5)14(2)19(13)21(24)25)12-11-18(23)16-7-9-17(27-6)10-8-16/h7-12,20H,1-6H3,(H,24,25). The molecule has 2 unspecified atom stereocenters. The highest BCUT2D eigenvalue weighted by Gasteiger charge is 2.42. The van der Waals surface area contributed by atoms with Crippen molar-refractivity contribution in [2.75, 3.05) is 13.4 Å². The SMILES string of the molecule is COC1C(C)=C(C(=O)O)C(C)=C(C)C1(C)C=CC(=O)c1ccc(SC)cc1. The lowest BCUT2D eigenvalue weighted by Crippen LogP contribution is -2.39. The number of aliphatic carboxylic acids is 1. The molecule has 0 radical (unpaired) electrons. The van der Waals surface area contributed by atoms with Crippen molar-refractivity contribution in [2.24, 2.45) is 5.41 Å². The van der Waals surface area contributed by atoms with E-state index in [9.17, 15) is 14.7 Å². The molecule has 0 aliphatic heterocycles. The van der Waals surface area contributed by atoms with Crippen LogP contribution < -0.4 is 0 Å². The van der Waals surface area contributed by atoms with Gasteiger partial charge in [0.15, 0.2) is 5.78 Å². The van der Waals surface area contributed by atoms with E-state index in [1.807, 2.05) is 57.4 Å². The minimum atomic E-state index is -0.956. The van der Waals surface area contributed by atoms with Gasteiger partial charge in [0.2, 0.25) is 0 Å². The van der Waals surface area contributed by atoms with Crippen LogP contribution in [0.5, 0.6) is 0 Å². The van der Waals surface area contributed by atoms with Crippen molar-refractivity contribution in [3.05, 3.63) is 64.3 Å².